The molecule has 0 radical (unpaired) electrons. The Morgan fingerprint density at radius 3 is 1.91 bits per heavy atom. The molecule has 0 saturated heterocycles. The Kier molecular flexibility index (Phi) is 8.04. The van der Waals surface area contributed by atoms with Gasteiger partial charge in [-0.05, 0) is 58.0 Å². The summed E-state index contributed by atoms with van der Waals surface area (Å²) in [6.45, 7) is 8.23. The summed E-state index contributed by atoms with van der Waals surface area (Å²) >= 11 is 0. The first-order valence-electron chi connectivity index (χ1n) is 25.4. The minimum atomic E-state index is -0.569. The van der Waals surface area contributed by atoms with Crippen LogP contribution in [0.1, 0.15) is 40.0 Å². The van der Waals surface area contributed by atoms with Crippen LogP contribution in [0.15, 0.2) is 194 Å². The molecular weight excluding hydrogens is 877 g/mol. The van der Waals surface area contributed by atoms with Crippen molar-refractivity contribution in [3.8, 4) is 56.0 Å². The molecule has 0 bridgehead atoms. The van der Waals surface area contributed by atoms with E-state index >= 15 is 0 Å². The van der Waals surface area contributed by atoms with Gasteiger partial charge in [0.25, 0.3) is 0 Å². The van der Waals surface area contributed by atoms with Crippen molar-refractivity contribution in [2.45, 2.75) is 26.2 Å². The summed E-state index contributed by atoms with van der Waals surface area (Å²) in [4.78, 5) is 15.2. The van der Waals surface area contributed by atoms with Gasteiger partial charge in [-0.3, -0.25) is 4.98 Å². The molecule has 0 unspecified atom stereocenters. The standard InChI is InChI=1S/C57H42N5O.Pd/c1-57(2,3)41-30-33-59-55(34-41)62-53-36-44(28-29-49(53)47-22-10-11-23-48(47)50-31-32-58-37-54(50)62)63-43-21-14-20-42(35-43)60-38-61(52-27-13-12-26-51(52)60)56-45(39-16-6-4-7-17-39)24-15-25-46(56)40-18-8-5-9-19-40;/h4-34,37-38H,1-3H3;/q-3;/i4D,5D,6D,7D,8D,9D,16D,17D,18D,19D;. The van der Waals surface area contributed by atoms with E-state index < -0.39 is 60.4 Å². The van der Waals surface area contributed by atoms with Crippen LogP contribution < -0.4 is 19.4 Å². The topological polar surface area (TPSA) is 44.7 Å². The van der Waals surface area contributed by atoms with E-state index in [1.54, 1.807) is 42.0 Å². The van der Waals surface area contributed by atoms with Gasteiger partial charge in [-0.25, -0.2) is 4.98 Å². The maximum atomic E-state index is 9.04. The van der Waals surface area contributed by atoms with Crippen molar-refractivity contribution < 1.29 is 38.9 Å². The number of hydrogen-bond donors (Lipinski definition) is 0. The number of pyridine rings is 2. The van der Waals surface area contributed by atoms with E-state index in [2.05, 4.69) is 61.0 Å². The number of nitrogens with zero attached hydrogens (tertiary/aromatic N) is 5. The maximum Gasteiger partial charge on any atom is 0.135 e. The van der Waals surface area contributed by atoms with Crippen LogP contribution in [0.5, 0.6) is 11.5 Å². The number of benzene rings is 7. The second-order valence-electron chi connectivity index (χ2n) is 16.1. The third-order valence-corrected chi connectivity index (χ3v) is 11.2. The second-order valence-corrected chi connectivity index (χ2v) is 16.1. The van der Waals surface area contributed by atoms with Crippen molar-refractivity contribution in [2.24, 2.45) is 0 Å². The quantitative estimate of drug-likeness (QED) is 0.117. The molecule has 7 heteroatoms. The first kappa shape index (κ1) is 30.7. The van der Waals surface area contributed by atoms with Crippen LogP contribution in [0.4, 0.5) is 39.9 Å². The van der Waals surface area contributed by atoms with Crippen LogP contribution in [0.3, 0.4) is 0 Å². The van der Waals surface area contributed by atoms with E-state index in [4.69, 9.17) is 23.4 Å². The Hall–Kier alpha value is -7.30. The zero-order valence-electron chi connectivity index (χ0n) is 44.7. The van der Waals surface area contributed by atoms with E-state index in [9.17, 15) is 0 Å². The molecule has 4 heterocycles. The molecule has 2 aliphatic rings. The summed E-state index contributed by atoms with van der Waals surface area (Å²) in [5.74, 6) is 1.44. The Balaban J connectivity index is 0.00000626. The Morgan fingerprint density at radius 1 is 0.578 bits per heavy atom. The van der Waals surface area contributed by atoms with Crippen molar-refractivity contribution >= 4 is 39.9 Å². The van der Waals surface area contributed by atoms with Gasteiger partial charge in [-0.2, -0.15) is 12.1 Å². The molecule has 7 aromatic carbocycles. The Bertz CT molecular complexity index is 3610. The van der Waals surface area contributed by atoms with Gasteiger partial charge in [0, 0.05) is 78.1 Å². The maximum absolute atomic E-state index is 9.04. The van der Waals surface area contributed by atoms with Crippen molar-refractivity contribution in [2.75, 3.05) is 14.7 Å². The average Bonchev–Trinajstić information content (AvgIpc) is 3.73. The summed E-state index contributed by atoms with van der Waals surface area (Å²) in [6, 6.07) is 37.7. The van der Waals surface area contributed by atoms with Crippen LogP contribution in [0.2, 0.25) is 0 Å². The molecule has 6 nitrogen and oxygen atoms in total. The molecule has 0 spiro atoms. The molecule has 2 aliphatic heterocycles. The number of fused-ring (bicyclic) bond motifs is 6. The van der Waals surface area contributed by atoms with Crippen LogP contribution in [-0.4, -0.2) is 9.97 Å². The van der Waals surface area contributed by atoms with Gasteiger partial charge >= 0.3 is 0 Å². The monoisotopic (exact) mass is 928 g/mol. The van der Waals surface area contributed by atoms with E-state index in [0.29, 0.717) is 40.1 Å². The third-order valence-electron chi connectivity index (χ3n) is 11.2. The zero-order chi connectivity index (χ0) is 51.2. The fraction of sp³-hybridized carbons (Fsp3) is 0.0702. The molecule has 0 amide bonds. The second kappa shape index (κ2) is 16.8. The van der Waals surface area contributed by atoms with Crippen molar-refractivity contribution in [3.63, 3.8) is 0 Å². The third kappa shape index (κ3) is 7.33. The molecule has 0 N–H and O–H groups in total. The van der Waals surface area contributed by atoms with Crippen molar-refractivity contribution in [1.29, 1.82) is 0 Å². The summed E-state index contributed by atoms with van der Waals surface area (Å²) in [5.41, 5.74) is 8.47. The van der Waals surface area contributed by atoms with Gasteiger partial charge in [0.05, 0.1) is 25.6 Å². The minimum absolute atomic E-state index is 0. The van der Waals surface area contributed by atoms with Crippen molar-refractivity contribution in [1.82, 2.24) is 9.97 Å². The molecular formula is C57H42N5OPd-3. The summed E-state index contributed by atoms with van der Waals surface area (Å²) in [6.07, 6.45) is 5.45. The van der Waals surface area contributed by atoms with E-state index in [1.807, 2.05) is 90.1 Å². The molecule has 2 aromatic heterocycles. The minimum Gasteiger partial charge on any atom is -0.509 e. The zero-order valence-corrected chi connectivity index (χ0v) is 36.3. The average molecular weight is 929 g/mol. The van der Waals surface area contributed by atoms with Crippen molar-refractivity contribution in [3.05, 3.63) is 219 Å². The molecule has 64 heavy (non-hydrogen) atoms. The first-order valence-corrected chi connectivity index (χ1v) is 20.4. The summed E-state index contributed by atoms with van der Waals surface area (Å²) in [7, 11) is 0. The predicted molar refractivity (Wildman–Crippen MR) is 256 cm³/mol. The van der Waals surface area contributed by atoms with Gasteiger partial charge in [-0.1, -0.05) is 147 Å². The number of ether oxygens (including phenoxy) is 1. The SMILES string of the molecule is [2H]c1c([2H])c([2H])c(-c2cccc(-c3c([2H])c([2H])c([2H])c([2H])c3[2H])c2N2[CH-]N(c3[c-]c(Oc4[c-]c5c(cc4)-c4ccccc4-c4ccncc4N5c4cc(C(C)(C)C)ccn4)ccc3)c3ccccc32)c([2H])c1[2H].[Pd]. The Morgan fingerprint density at radius 2 is 1.20 bits per heavy atom. The van der Waals surface area contributed by atoms with Gasteiger partial charge < -0.3 is 19.4 Å². The summed E-state index contributed by atoms with van der Waals surface area (Å²) < 4.78 is 93.9. The first-order chi connectivity index (χ1) is 35.0. The number of rotatable bonds is 7. The normalized spacial score (nSPS) is 14.8. The van der Waals surface area contributed by atoms with Gasteiger partial charge in [0.15, 0.2) is 0 Å². The molecule has 0 atom stereocenters. The van der Waals surface area contributed by atoms with E-state index in [-0.39, 0.29) is 53.8 Å². The Labute approximate surface area is 402 Å². The fourth-order valence-electron chi connectivity index (χ4n) is 8.24. The number of aromatic nitrogens is 2. The molecule has 0 fully saturated rings. The molecule has 0 saturated carbocycles. The van der Waals surface area contributed by atoms with E-state index in [1.165, 1.54) is 0 Å². The number of para-hydroxylation sites is 3. The fourth-order valence-corrected chi connectivity index (χ4v) is 8.24. The van der Waals surface area contributed by atoms with E-state index in [0.717, 1.165) is 33.5 Å². The molecule has 314 valence electrons. The number of hydrogen-bond acceptors (Lipinski definition) is 6. The van der Waals surface area contributed by atoms with Gasteiger partial charge in [0.1, 0.15) is 5.82 Å². The molecule has 9 aromatic rings. The summed E-state index contributed by atoms with van der Waals surface area (Å²) in [5, 5.41) is 0. The predicted octanol–water partition coefficient (Wildman–Crippen LogP) is 15.0. The molecule has 0 aliphatic carbocycles. The van der Waals surface area contributed by atoms with Crippen LogP contribution >= 0.6 is 0 Å². The largest absolute Gasteiger partial charge is 0.509 e. The molecule has 11 rings (SSSR count). The van der Waals surface area contributed by atoms with Gasteiger partial charge in [0.2, 0.25) is 0 Å². The number of anilines is 7. The van der Waals surface area contributed by atoms with Crippen LogP contribution in [0.25, 0.3) is 44.5 Å². The van der Waals surface area contributed by atoms with Crippen LogP contribution in [-0.2, 0) is 25.8 Å². The van der Waals surface area contributed by atoms with Crippen LogP contribution in [0, 0.1) is 18.8 Å². The van der Waals surface area contributed by atoms with Gasteiger partial charge in [-0.15, -0.1) is 48.3 Å². The smallest absolute Gasteiger partial charge is 0.135 e.